The van der Waals surface area contributed by atoms with Crippen LogP contribution in [0.3, 0.4) is 0 Å². The van der Waals surface area contributed by atoms with Crippen LogP contribution in [0.1, 0.15) is 28.5 Å². The molecule has 0 aromatic carbocycles. The van der Waals surface area contributed by atoms with Gasteiger partial charge in [0.15, 0.2) is 0 Å². The van der Waals surface area contributed by atoms with E-state index >= 15 is 0 Å². The summed E-state index contributed by atoms with van der Waals surface area (Å²) in [6.45, 7) is 1.72. The Morgan fingerprint density at radius 3 is 2.67 bits per heavy atom. The Kier molecular flexibility index (Phi) is 2.28. The molecule has 0 unspecified atom stereocenters. The summed E-state index contributed by atoms with van der Waals surface area (Å²) < 4.78 is 1.28. The van der Waals surface area contributed by atoms with Crippen LogP contribution < -0.4 is 0 Å². The third-order valence-corrected chi connectivity index (χ3v) is 1.53. The number of carboxylic acids is 1. The van der Waals surface area contributed by atoms with Crippen LogP contribution in [0.5, 0.6) is 0 Å². The molecule has 0 saturated carbocycles. The van der Waals surface area contributed by atoms with Gasteiger partial charge in [-0.1, -0.05) is 6.92 Å². The van der Waals surface area contributed by atoms with Gasteiger partial charge in [0.25, 0.3) is 0 Å². The normalized spacial score (nSPS) is 9.75. The number of rotatable bonds is 2. The zero-order valence-electron chi connectivity index (χ0n) is 6.65. The van der Waals surface area contributed by atoms with Gasteiger partial charge in [-0.15, -0.1) is 0 Å². The van der Waals surface area contributed by atoms with Crippen LogP contribution in [0.15, 0.2) is 18.5 Å². The van der Waals surface area contributed by atoms with Gasteiger partial charge in [0.05, 0.1) is 5.56 Å². The number of carboxylic acid groups (broad SMARTS) is 1. The molecule has 0 bridgehead atoms. The molecule has 1 N–H and O–H groups in total. The maximum atomic E-state index is 11.0. The minimum atomic E-state index is -1.02. The Morgan fingerprint density at radius 2 is 2.25 bits per heavy atom. The summed E-state index contributed by atoms with van der Waals surface area (Å²) in [5, 5.41) is 8.53. The highest BCUT2D eigenvalue weighted by Gasteiger charge is 2.07. The molecule has 0 saturated heterocycles. The molecule has 0 aliphatic rings. The molecule has 64 valence electrons. The van der Waals surface area contributed by atoms with E-state index in [1.807, 2.05) is 0 Å². The van der Waals surface area contributed by atoms with E-state index in [-0.39, 0.29) is 11.5 Å². The summed E-state index contributed by atoms with van der Waals surface area (Å²) in [4.78, 5) is 21.4. The quantitative estimate of drug-likeness (QED) is 0.720. The van der Waals surface area contributed by atoms with Gasteiger partial charge < -0.3 is 5.11 Å². The molecule has 0 spiro atoms. The van der Waals surface area contributed by atoms with E-state index in [9.17, 15) is 9.59 Å². The van der Waals surface area contributed by atoms with Crippen molar-refractivity contribution in [2.24, 2.45) is 0 Å². The van der Waals surface area contributed by atoms with Crippen molar-refractivity contribution in [3.8, 4) is 0 Å². The summed E-state index contributed by atoms with van der Waals surface area (Å²) in [5.41, 5.74) is 0.136. The van der Waals surface area contributed by atoms with Gasteiger partial charge in [-0.3, -0.25) is 9.36 Å². The Bertz CT molecular complexity index is 314. The largest absolute Gasteiger partial charge is 0.478 e. The van der Waals surface area contributed by atoms with Crippen LogP contribution in [0.4, 0.5) is 0 Å². The van der Waals surface area contributed by atoms with Crippen molar-refractivity contribution in [3.63, 3.8) is 0 Å². The first-order chi connectivity index (χ1) is 5.65. The second-order valence-electron chi connectivity index (χ2n) is 2.36. The summed E-state index contributed by atoms with van der Waals surface area (Å²) >= 11 is 0. The van der Waals surface area contributed by atoms with E-state index in [2.05, 4.69) is 0 Å². The van der Waals surface area contributed by atoms with E-state index in [1.165, 1.54) is 23.0 Å². The number of hydrogen-bond acceptors (Lipinski definition) is 2. The highest BCUT2D eigenvalue weighted by Crippen LogP contribution is 2.01. The van der Waals surface area contributed by atoms with Gasteiger partial charge >= 0.3 is 5.97 Å². The lowest BCUT2D eigenvalue weighted by atomic mass is 10.3. The molecule has 1 heterocycles. The Hall–Kier alpha value is -1.58. The molecule has 1 aromatic heterocycles. The predicted molar refractivity (Wildman–Crippen MR) is 42.3 cm³/mol. The van der Waals surface area contributed by atoms with Crippen molar-refractivity contribution in [2.75, 3.05) is 0 Å². The molecule has 0 amide bonds. The third-order valence-electron chi connectivity index (χ3n) is 1.53. The number of carbonyl (C=O) groups excluding carboxylic acids is 1. The van der Waals surface area contributed by atoms with Gasteiger partial charge in [0, 0.05) is 18.8 Å². The fourth-order valence-electron chi connectivity index (χ4n) is 0.861. The number of aromatic carboxylic acids is 1. The van der Waals surface area contributed by atoms with Crippen molar-refractivity contribution in [1.82, 2.24) is 4.57 Å². The molecular formula is C8H9NO3. The Balaban J connectivity index is 2.91. The van der Waals surface area contributed by atoms with Crippen LogP contribution in [-0.2, 0) is 0 Å². The lowest BCUT2D eigenvalue weighted by molar-refractivity contribution is 0.0697. The maximum absolute atomic E-state index is 11.0. The van der Waals surface area contributed by atoms with Gasteiger partial charge in [-0.2, -0.15) is 0 Å². The predicted octanol–water partition coefficient (Wildman–Crippen LogP) is 1.24. The van der Waals surface area contributed by atoms with Crippen molar-refractivity contribution in [2.45, 2.75) is 13.3 Å². The summed E-state index contributed by atoms with van der Waals surface area (Å²) in [5.74, 6) is -1.12. The second kappa shape index (κ2) is 3.21. The molecule has 1 aromatic rings. The van der Waals surface area contributed by atoms with E-state index in [4.69, 9.17) is 5.11 Å². The van der Waals surface area contributed by atoms with Crippen LogP contribution >= 0.6 is 0 Å². The molecule has 0 fully saturated rings. The minimum Gasteiger partial charge on any atom is -0.478 e. The summed E-state index contributed by atoms with van der Waals surface area (Å²) in [7, 11) is 0. The lowest BCUT2D eigenvalue weighted by Gasteiger charge is -1.94. The number of aromatic nitrogens is 1. The molecule has 12 heavy (non-hydrogen) atoms. The number of nitrogens with zero attached hydrogens (tertiary/aromatic N) is 1. The molecule has 0 aliphatic carbocycles. The van der Waals surface area contributed by atoms with Crippen molar-refractivity contribution < 1.29 is 14.7 Å². The second-order valence-corrected chi connectivity index (χ2v) is 2.36. The zero-order valence-corrected chi connectivity index (χ0v) is 6.65. The number of carbonyl (C=O) groups is 2. The van der Waals surface area contributed by atoms with Gasteiger partial charge in [-0.25, -0.2) is 4.79 Å². The Labute approximate surface area is 69.4 Å². The SMILES string of the molecule is CCC(=O)n1ccc(C(=O)O)c1. The van der Waals surface area contributed by atoms with E-state index in [0.717, 1.165) is 0 Å². The van der Waals surface area contributed by atoms with E-state index < -0.39 is 5.97 Å². The van der Waals surface area contributed by atoms with Crippen molar-refractivity contribution in [1.29, 1.82) is 0 Å². The average Bonchev–Trinajstić information content (AvgIpc) is 2.51. The number of hydrogen-bond donors (Lipinski definition) is 1. The highest BCUT2D eigenvalue weighted by molar-refractivity contribution is 5.89. The van der Waals surface area contributed by atoms with Crippen molar-refractivity contribution in [3.05, 3.63) is 24.0 Å². The molecular weight excluding hydrogens is 158 g/mol. The van der Waals surface area contributed by atoms with Crippen molar-refractivity contribution >= 4 is 11.9 Å². The van der Waals surface area contributed by atoms with E-state index in [1.54, 1.807) is 6.92 Å². The van der Waals surface area contributed by atoms with E-state index in [0.29, 0.717) is 6.42 Å². The van der Waals surface area contributed by atoms with Crippen LogP contribution in [0, 0.1) is 0 Å². The van der Waals surface area contributed by atoms with Crippen LogP contribution in [0.25, 0.3) is 0 Å². The van der Waals surface area contributed by atoms with Crippen LogP contribution in [-0.4, -0.2) is 21.6 Å². The standard InChI is InChI=1S/C8H9NO3/c1-2-7(10)9-4-3-6(5-9)8(11)12/h3-5H,2H2,1H3,(H,11,12). The lowest BCUT2D eigenvalue weighted by Crippen LogP contribution is -2.06. The van der Waals surface area contributed by atoms with Gasteiger partial charge in [0.2, 0.25) is 5.91 Å². The Morgan fingerprint density at radius 1 is 1.58 bits per heavy atom. The van der Waals surface area contributed by atoms with Gasteiger partial charge in [0.1, 0.15) is 0 Å². The fraction of sp³-hybridized carbons (Fsp3) is 0.250. The highest BCUT2D eigenvalue weighted by atomic mass is 16.4. The average molecular weight is 167 g/mol. The first-order valence-electron chi connectivity index (χ1n) is 3.59. The molecule has 0 radical (unpaired) electrons. The molecule has 1 rings (SSSR count). The topological polar surface area (TPSA) is 59.3 Å². The summed E-state index contributed by atoms with van der Waals surface area (Å²) in [6, 6.07) is 1.40. The monoisotopic (exact) mass is 167 g/mol. The van der Waals surface area contributed by atoms with Crippen LogP contribution in [0.2, 0.25) is 0 Å². The molecule has 0 atom stereocenters. The first kappa shape index (κ1) is 8.52. The fourth-order valence-corrected chi connectivity index (χ4v) is 0.861. The molecule has 4 heteroatoms. The zero-order chi connectivity index (χ0) is 9.14. The van der Waals surface area contributed by atoms with Gasteiger partial charge in [-0.05, 0) is 6.07 Å². The summed E-state index contributed by atoms with van der Waals surface area (Å²) in [6.07, 6.45) is 3.14. The maximum Gasteiger partial charge on any atom is 0.337 e. The third kappa shape index (κ3) is 1.53. The first-order valence-corrected chi connectivity index (χ1v) is 3.59. The molecule has 0 aliphatic heterocycles. The smallest absolute Gasteiger partial charge is 0.337 e. The minimum absolute atomic E-state index is 0.109. The molecule has 4 nitrogen and oxygen atoms in total.